The summed E-state index contributed by atoms with van der Waals surface area (Å²) in [7, 11) is -3.56. The number of sulfonamides is 1. The van der Waals surface area contributed by atoms with Gasteiger partial charge in [0.1, 0.15) is 4.90 Å². The molecule has 0 bridgehead atoms. The van der Waals surface area contributed by atoms with E-state index in [1.165, 1.54) is 6.20 Å². The van der Waals surface area contributed by atoms with Crippen LogP contribution in [0.4, 0.5) is 0 Å². The fourth-order valence-corrected chi connectivity index (χ4v) is 4.24. The monoisotopic (exact) mass is 283 g/mol. The molecule has 1 aromatic rings. The third-order valence-electron chi connectivity index (χ3n) is 4.10. The highest BCUT2D eigenvalue weighted by molar-refractivity contribution is 7.89. The van der Waals surface area contributed by atoms with E-state index in [0.717, 1.165) is 25.7 Å². The first-order valence-corrected chi connectivity index (χ1v) is 8.12. The van der Waals surface area contributed by atoms with Crippen molar-refractivity contribution in [2.75, 3.05) is 6.54 Å². The zero-order valence-corrected chi connectivity index (χ0v) is 12.0. The lowest BCUT2D eigenvalue weighted by Crippen LogP contribution is -2.58. The Labute approximate surface area is 114 Å². The molecule has 19 heavy (non-hydrogen) atoms. The summed E-state index contributed by atoms with van der Waals surface area (Å²) < 4.78 is 27.6. The highest BCUT2D eigenvalue weighted by Gasteiger charge is 2.40. The maximum Gasteiger partial charge on any atom is 0.242 e. The van der Waals surface area contributed by atoms with Crippen molar-refractivity contribution in [3.05, 3.63) is 24.5 Å². The van der Waals surface area contributed by atoms with Crippen LogP contribution in [0.2, 0.25) is 0 Å². The van der Waals surface area contributed by atoms with Crippen LogP contribution in [0.25, 0.3) is 0 Å². The largest absolute Gasteiger partial charge is 0.329 e. The average Bonchev–Trinajstić information content (AvgIpc) is 2.42. The molecule has 0 amide bonds. The summed E-state index contributed by atoms with van der Waals surface area (Å²) in [5.41, 5.74) is 5.35. The minimum absolute atomic E-state index is 0.195. The summed E-state index contributed by atoms with van der Waals surface area (Å²) >= 11 is 0. The topological polar surface area (TPSA) is 85.1 Å². The van der Waals surface area contributed by atoms with E-state index < -0.39 is 15.6 Å². The molecular formula is C13H21N3O2S. The number of nitrogens with one attached hydrogen (secondary N) is 1. The third-order valence-corrected chi connectivity index (χ3v) is 5.64. The first-order valence-electron chi connectivity index (χ1n) is 6.64. The van der Waals surface area contributed by atoms with Gasteiger partial charge in [0.2, 0.25) is 10.0 Å². The molecule has 5 nitrogen and oxygen atoms in total. The van der Waals surface area contributed by atoms with Crippen molar-refractivity contribution in [1.29, 1.82) is 0 Å². The summed E-state index contributed by atoms with van der Waals surface area (Å²) in [5.74, 6) is 0.248. The second-order valence-corrected chi connectivity index (χ2v) is 6.98. The van der Waals surface area contributed by atoms with E-state index in [0.29, 0.717) is 6.54 Å². The van der Waals surface area contributed by atoms with Gasteiger partial charge in [-0.15, -0.1) is 0 Å². The Morgan fingerprint density at radius 1 is 1.53 bits per heavy atom. The molecule has 3 N–H and O–H groups in total. The standard InChI is InChI=1S/C13H21N3O2S/c1-11-5-2-3-7-13(11,10-14)16-19(17,18)12-6-4-8-15-9-12/h4,6,8-9,11,16H,2-3,5,7,10,14H2,1H3. The molecule has 1 saturated carbocycles. The van der Waals surface area contributed by atoms with Crippen LogP contribution >= 0.6 is 0 Å². The molecule has 1 fully saturated rings. The summed E-state index contributed by atoms with van der Waals surface area (Å²) in [5, 5.41) is 0. The highest BCUT2D eigenvalue weighted by Crippen LogP contribution is 2.34. The molecule has 1 aliphatic carbocycles. The Kier molecular flexibility index (Phi) is 4.23. The first-order chi connectivity index (χ1) is 9.00. The molecule has 0 saturated heterocycles. The Morgan fingerprint density at radius 3 is 2.89 bits per heavy atom. The number of nitrogens with two attached hydrogens (primary N) is 1. The van der Waals surface area contributed by atoms with Gasteiger partial charge in [0.15, 0.2) is 0 Å². The molecule has 2 rings (SSSR count). The lowest BCUT2D eigenvalue weighted by Gasteiger charge is -2.42. The second kappa shape index (κ2) is 5.56. The van der Waals surface area contributed by atoms with Gasteiger partial charge in [0.25, 0.3) is 0 Å². The normalized spacial score (nSPS) is 28.2. The number of hydrogen-bond acceptors (Lipinski definition) is 4. The van der Waals surface area contributed by atoms with E-state index in [1.807, 2.05) is 0 Å². The van der Waals surface area contributed by atoms with E-state index >= 15 is 0 Å². The van der Waals surface area contributed by atoms with Crippen molar-refractivity contribution in [3.63, 3.8) is 0 Å². The van der Waals surface area contributed by atoms with Crippen LogP contribution in [-0.4, -0.2) is 25.5 Å². The van der Waals surface area contributed by atoms with Crippen LogP contribution in [0.15, 0.2) is 29.4 Å². The van der Waals surface area contributed by atoms with Crippen molar-refractivity contribution in [2.45, 2.75) is 43.0 Å². The van der Waals surface area contributed by atoms with Crippen molar-refractivity contribution >= 4 is 10.0 Å². The minimum atomic E-state index is -3.56. The molecule has 0 radical (unpaired) electrons. The summed E-state index contributed by atoms with van der Waals surface area (Å²) in [4.78, 5) is 4.06. The van der Waals surface area contributed by atoms with Gasteiger partial charge < -0.3 is 5.73 Å². The molecule has 6 heteroatoms. The van der Waals surface area contributed by atoms with Gasteiger partial charge in [-0.3, -0.25) is 4.98 Å². The third kappa shape index (κ3) is 2.96. The molecule has 2 unspecified atom stereocenters. The molecule has 0 spiro atoms. The van der Waals surface area contributed by atoms with E-state index in [2.05, 4.69) is 16.6 Å². The maximum absolute atomic E-state index is 12.4. The van der Waals surface area contributed by atoms with Crippen molar-refractivity contribution in [1.82, 2.24) is 9.71 Å². The molecule has 1 aliphatic rings. The Balaban J connectivity index is 2.27. The summed E-state index contributed by atoms with van der Waals surface area (Å²) in [6.45, 7) is 2.39. The highest BCUT2D eigenvalue weighted by atomic mass is 32.2. The lowest BCUT2D eigenvalue weighted by atomic mass is 9.74. The van der Waals surface area contributed by atoms with E-state index in [4.69, 9.17) is 5.73 Å². The van der Waals surface area contributed by atoms with E-state index in [9.17, 15) is 8.42 Å². The van der Waals surface area contributed by atoms with E-state index in [-0.39, 0.29) is 10.8 Å². The van der Waals surface area contributed by atoms with Gasteiger partial charge in [-0.25, -0.2) is 13.1 Å². The fraction of sp³-hybridized carbons (Fsp3) is 0.615. The van der Waals surface area contributed by atoms with Crippen LogP contribution in [0.1, 0.15) is 32.6 Å². The smallest absolute Gasteiger partial charge is 0.242 e. The average molecular weight is 283 g/mol. The zero-order valence-electron chi connectivity index (χ0n) is 11.2. The number of aromatic nitrogens is 1. The van der Waals surface area contributed by atoms with Crippen molar-refractivity contribution in [3.8, 4) is 0 Å². The van der Waals surface area contributed by atoms with Crippen LogP contribution in [-0.2, 0) is 10.0 Å². The molecule has 0 aromatic carbocycles. The first kappa shape index (κ1) is 14.4. The van der Waals surface area contributed by atoms with Gasteiger partial charge in [0.05, 0.1) is 0 Å². The van der Waals surface area contributed by atoms with Crippen LogP contribution in [0.5, 0.6) is 0 Å². The maximum atomic E-state index is 12.4. The molecule has 1 aromatic heterocycles. The predicted molar refractivity (Wildman–Crippen MR) is 74.0 cm³/mol. The second-order valence-electron chi connectivity index (χ2n) is 5.30. The van der Waals surface area contributed by atoms with Crippen molar-refractivity contribution < 1.29 is 8.42 Å². The van der Waals surface area contributed by atoms with Gasteiger partial charge in [-0.05, 0) is 30.9 Å². The van der Waals surface area contributed by atoms with Crippen LogP contribution in [0.3, 0.4) is 0 Å². The number of rotatable bonds is 4. The molecule has 0 aliphatic heterocycles. The Hall–Kier alpha value is -0.980. The SMILES string of the molecule is CC1CCCCC1(CN)NS(=O)(=O)c1cccnc1. The van der Waals surface area contributed by atoms with Gasteiger partial charge in [-0.1, -0.05) is 19.8 Å². The van der Waals surface area contributed by atoms with Crippen LogP contribution in [0, 0.1) is 5.92 Å². The van der Waals surface area contributed by atoms with Gasteiger partial charge in [0, 0.05) is 24.5 Å². The van der Waals surface area contributed by atoms with Crippen molar-refractivity contribution in [2.24, 2.45) is 11.7 Å². The predicted octanol–water partition coefficient (Wildman–Crippen LogP) is 1.27. The Morgan fingerprint density at radius 2 is 2.32 bits per heavy atom. The number of hydrogen-bond donors (Lipinski definition) is 2. The fourth-order valence-electron chi connectivity index (χ4n) is 2.74. The zero-order chi connectivity index (χ0) is 13.9. The molecule has 106 valence electrons. The molecular weight excluding hydrogens is 262 g/mol. The minimum Gasteiger partial charge on any atom is -0.329 e. The van der Waals surface area contributed by atoms with Gasteiger partial charge in [-0.2, -0.15) is 0 Å². The summed E-state index contributed by atoms with van der Waals surface area (Å²) in [6.07, 6.45) is 6.87. The Bertz CT molecular complexity index is 518. The lowest BCUT2D eigenvalue weighted by molar-refractivity contribution is 0.191. The van der Waals surface area contributed by atoms with Gasteiger partial charge >= 0.3 is 0 Å². The van der Waals surface area contributed by atoms with Crippen LogP contribution < -0.4 is 10.5 Å². The summed E-state index contributed by atoms with van der Waals surface area (Å²) in [6, 6.07) is 3.17. The number of nitrogens with zero attached hydrogens (tertiary/aromatic N) is 1. The molecule has 2 atom stereocenters. The quantitative estimate of drug-likeness (QED) is 0.871. The van der Waals surface area contributed by atoms with E-state index in [1.54, 1.807) is 18.3 Å². The number of pyridine rings is 1. The molecule has 1 heterocycles.